The number of rotatable bonds is 7. The third-order valence-corrected chi connectivity index (χ3v) is 3.05. The molecule has 0 unspecified atom stereocenters. The molecule has 0 radical (unpaired) electrons. The molecule has 0 aliphatic heterocycles. The Labute approximate surface area is 94.7 Å². The molecule has 1 rings (SSSR count). The van der Waals surface area contributed by atoms with E-state index in [-0.39, 0.29) is 0 Å². The standard InChI is InChI=1S/C15H24/c1-3-5-6-7-8-12-15-13-10-9-11-14(15)4-2/h9-11,13H,3-8,12H2,1-2H3. The van der Waals surface area contributed by atoms with Crippen molar-refractivity contribution in [3.05, 3.63) is 35.4 Å². The predicted molar refractivity (Wildman–Crippen MR) is 68.3 cm³/mol. The van der Waals surface area contributed by atoms with E-state index in [1.165, 1.54) is 50.5 Å². The van der Waals surface area contributed by atoms with Crippen molar-refractivity contribution in [3.8, 4) is 0 Å². The minimum atomic E-state index is 1.17. The van der Waals surface area contributed by atoms with Gasteiger partial charge in [0.15, 0.2) is 0 Å². The van der Waals surface area contributed by atoms with Crippen molar-refractivity contribution in [1.29, 1.82) is 0 Å². The molecule has 1 aromatic rings. The van der Waals surface area contributed by atoms with Crippen LogP contribution in [0.15, 0.2) is 24.3 Å². The first kappa shape index (κ1) is 12.3. The lowest BCUT2D eigenvalue weighted by molar-refractivity contribution is 0.631. The van der Waals surface area contributed by atoms with Crippen LogP contribution in [0.3, 0.4) is 0 Å². The first-order chi connectivity index (χ1) is 7.38. The van der Waals surface area contributed by atoms with Gasteiger partial charge in [-0.15, -0.1) is 0 Å². The second kappa shape index (κ2) is 7.50. The van der Waals surface area contributed by atoms with E-state index < -0.39 is 0 Å². The van der Waals surface area contributed by atoms with Gasteiger partial charge in [-0.1, -0.05) is 63.8 Å². The zero-order valence-electron chi connectivity index (χ0n) is 10.3. The highest BCUT2D eigenvalue weighted by molar-refractivity contribution is 5.26. The quantitative estimate of drug-likeness (QED) is 0.562. The fraction of sp³-hybridized carbons (Fsp3) is 0.600. The van der Waals surface area contributed by atoms with E-state index in [4.69, 9.17) is 0 Å². The molecule has 0 aliphatic carbocycles. The molecule has 0 amide bonds. The maximum absolute atomic E-state index is 2.29. The van der Waals surface area contributed by atoms with Gasteiger partial charge in [-0.3, -0.25) is 0 Å². The van der Waals surface area contributed by atoms with Crippen molar-refractivity contribution in [3.63, 3.8) is 0 Å². The molecule has 0 aliphatic rings. The molecule has 15 heavy (non-hydrogen) atoms. The molecular formula is C15H24. The first-order valence-electron chi connectivity index (χ1n) is 6.45. The maximum Gasteiger partial charge on any atom is -0.0276 e. The lowest BCUT2D eigenvalue weighted by Gasteiger charge is -2.07. The minimum Gasteiger partial charge on any atom is -0.0654 e. The summed E-state index contributed by atoms with van der Waals surface area (Å²) in [5.41, 5.74) is 3.10. The highest BCUT2D eigenvalue weighted by Crippen LogP contribution is 2.14. The van der Waals surface area contributed by atoms with Gasteiger partial charge >= 0.3 is 0 Å². The van der Waals surface area contributed by atoms with Gasteiger partial charge in [-0.25, -0.2) is 0 Å². The van der Waals surface area contributed by atoms with Crippen molar-refractivity contribution < 1.29 is 0 Å². The van der Waals surface area contributed by atoms with Gasteiger partial charge < -0.3 is 0 Å². The summed E-state index contributed by atoms with van der Waals surface area (Å²) >= 11 is 0. The summed E-state index contributed by atoms with van der Waals surface area (Å²) in [6, 6.07) is 8.87. The summed E-state index contributed by atoms with van der Waals surface area (Å²) in [4.78, 5) is 0. The van der Waals surface area contributed by atoms with E-state index in [1.807, 2.05) is 0 Å². The Morgan fingerprint density at radius 3 is 2.13 bits per heavy atom. The van der Waals surface area contributed by atoms with Gasteiger partial charge in [0.1, 0.15) is 0 Å². The largest absolute Gasteiger partial charge is 0.0654 e. The van der Waals surface area contributed by atoms with Gasteiger partial charge in [0.2, 0.25) is 0 Å². The Bertz CT molecular complexity index is 262. The zero-order valence-corrected chi connectivity index (χ0v) is 10.3. The SMILES string of the molecule is CCCCCCCc1ccccc1CC. The highest BCUT2D eigenvalue weighted by atomic mass is 14.0. The van der Waals surface area contributed by atoms with Crippen molar-refractivity contribution in [1.82, 2.24) is 0 Å². The second-order valence-electron chi connectivity index (χ2n) is 4.29. The fourth-order valence-corrected chi connectivity index (χ4v) is 2.07. The van der Waals surface area contributed by atoms with Crippen LogP contribution >= 0.6 is 0 Å². The van der Waals surface area contributed by atoms with Crippen LogP contribution in [-0.2, 0) is 12.8 Å². The number of hydrogen-bond acceptors (Lipinski definition) is 0. The van der Waals surface area contributed by atoms with E-state index in [2.05, 4.69) is 38.1 Å². The molecule has 0 saturated carbocycles. The predicted octanol–water partition coefficient (Wildman–Crippen LogP) is 4.76. The molecule has 0 fully saturated rings. The summed E-state index contributed by atoms with van der Waals surface area (Å²) in [5.74, 6) is 0. The summed E-state index contributed by atoms with van der Waals surface area (Å²) in [5, 5.41) is 0. The van der Waals surface area contributed by atoms with Gasteiger partial charge in [0.25, 0.3) is 0 Å². The van der Waals surface area contributed by atoms with Crippen molar-refractivity contribution in [2.75, 3.05) is 0 Å². The molecule has 0 spiro atoms. The molecule has 0 aromatic heterocycles. The van der Waals surface area contributed by atoms with Crippen molar-refractivity contribution in [2.24, 2.45) is 0 Å². The summed E-state index contributed by atoms with van der Waals surface area (Å²) in [6.07, 6.45) is 9.34. The topological polar surface area (TPSA) is 0 Å². The molecule has 0 nitrogen and oxygen atoms in total. The fourth-order valence-electron chi connectivity index (χ4n) is 2.07. The van der Waals surface area contributed by atoms with Crippen LogP contribution in [0.25, 0.3) is 0 Å². The Hall–Kier alpha value is -0.780. The maximum atomic E-state index is 2.29. The van der Waals surface area contributed by atoms with Crippen LogP contribution in [0.1, 0.15) is 57.1 Å². The van der Waals surface area contributed by atoms with Crippen LogP contribution in [0.5, 0.6) is 0 Å². The third kappa shape index (κ3) is 4.51. The van der Waals surface area contributed by atoms with Gasteiger partial charge in [-0.05, 0) is 30.4 Å². The van der Waals surface area contributed by atoms with Crippen LogP contribution in [-0.4, -0.2) is 0 Å². The van der Waals surface area contributed by atoms with E-state index >= 15 is 0 Å². The molecule has 0 heteroatoms. The van der Waals surface area contributed by atoms with E-state index in [0.717, 1.165) is 0 Å². The summed E-state index contributed by atoms with van der Waals surface area (Å²) in [6.45, 7) is 4.52. The molecule has 0 heterocycles. The Morgan fingerprint density at radius 1 is 0.800 bits per heavy atom. The molecular weight excluding hydrogens is 180 g/mol. The average Bonchev–Trinajstić information content (AvgIpc) is 2.29. The molecule has 0 atom stereocenters. The van der Waals surface area contributed by atoms with Gasteiger partial charge in [-0.2, -0.15) is 0 Å². The number of unbranched alkanes of at least 4 members (excludes halogenated alkanes) is 4. The molecule has 1 aromatic carbocycles. The van der Waals surface area contributed by atoms with Crippen LogP contribution in [0.4, 0.5) is 0 Å². The van der Waals surface area contributed by atoms with E-state index in [0.29, 0.717) is 0 Å². The lowest BCUT2D eigenvalue weighted by atomic mass is 9.99. The molecule has 0 saturated heterocycles. The van der Waals surface area contributed by atoms with E-state index in [9.17, 15) is 0 Å². The molecule has 0 bridgehead atoms. The molecule has 0 N–H and O–H groups in total. The summed E-state index contributed by atoms with van der Waals surface area (Å²) < 4.78 is 0. The van der Waals surface area contributed by atoms with Gasteiger partial charge in [0.05, 0.1) is 0 Å². The number of benzene rings is 1. The summed E-state index contributed by atoms with van der Waals surface area (Å²) in [7, 11) is 0. The Morgan fingerprint density at radius 2 is 1.47 bits per heavy atom. The van der Waals surface area contributed by atoms with Crippen molar-refractivity contribution >= 4 is 0 Å². The average molecular weight is 204 g/mol. The Kier molecular flexibility index (Phi) is 6.15. The third-order valence-electron chi connectivity index (χ3n) is 3.05. The smallest absolute Gasteiger partial charge is 0.0276 e. The van der Waals surface area contributed by atoms with Gasteiger partial charge in [0, 0.05) is 0 Å². The normalized spacial score (nSPS) is 10.5. The van der Waals surface area contributed by atoms with Crippen LogP contribution < -0.4 is 0 Å². The lowest BCUT2D eigenvalue weighted by Crippen LogP contribution is -1.92. The number of hydrogen-bond donors (Lipinski definition) is 0. The van der Waals surface area contributed by atoms with E-state index in [1.54, 1.807) is 5.56 Å². The van der Waals surface area contributed by atoms with Crippen LogP contribution in [0, 0.1) is 0 Å². The van der Waals surface area contributed by atoms with Crippen LogP contribution in [0.2, 0.25) is 0 Å². The highest BCUT2D eigenvalue weighted by Gasteiger charge is 1.98. The van der Waals surface area contributed by atoms with Crippen molar-refractivity contribution in [2.45, 2.75) is 58.8 Å². The Balaban J connectivity index is 2.30. The number of aryl methyl sites for hydroxylation is 2. The first-order valence-corrected chi connectivity index (χ1v) is 6.45. The second-order valence-corrected chi connectivity index (χ2v) is 4.29. The molecule has 84 valence electrons. The monoisotopic (exact) mass is 204 g/mol. The zero-order chi connectivity index (χ0) is 10.9. The minimum absolute atomic E-state index is 1.17.